The van der Waals surface area contributed by atoms with Crippen LogP contribution >= 0.6 is 11.8 Å². The molecule has 0 radical (unpaired) electrons. The molecule has 0 aliphatic carbocycles. The Labute approximate surface area is 168 Å². The van der Waals surface area contributed by atoms with Crippen molar-refractivity contribution in [3.05, 3.63) is 71.7 Å². The first kappa shape index (κ1) is 18.7. The number of carbonyl (C=O) groups is 1. The van der Waals surface area contributed by atoms with Gasteiger partial charge in [-0.05, 0) is 30.7 Å². The fourth-order valence-corrected chi connectivity index (χ4v) is 4.36. The number of hydrogen-bond donors (Lipinski definition) is 1. The Hall–Kier alpha value is -2.60. The van der Waals surface area contributed by atoms with Gasteiger partial charge < -0.3 is 10.2 Å². The quantitative estimate of drug-likeness (QED) is 0.693. The molecule has 28 heavy (non-hydrogen) atoms. The molecule has 1 fully saturated rings. The molecule has 0 spiro atoms. The molecular formula is C22H22FN3OS. The molecule has 6 heteroatoms. The molecule has 1 atom stereocenters. The number of halogens is 1. The van der Waals surface area contributed by atoms with Crippen LogP contribution < -0.4 is 5.32 Å². The van der Waals surface area contributed by atoms with Crippen LogP contribution in [-0.4, -0.2) is 40.4 Å². The van der Waals surface area contributed by atoms with Crippen molar-refractivity contribution in [3.8, 4) is 0 Å². The monoisotopic (exact) mass is 395 g/mol. The summed E-state index contributed by atoms with van der Waals surface area (Å²) in [4.78, 5) is 19.5. The number of amides is 1. The average Bonchev–Trinajstić information content (AvgIpc) is 2.75. The molecule has 0 saturated carbocycles. The summed E-state index contributed by atoms with van der Waals surface area (Å²) in [5.74, 6) is 1.47. The van der Waals surface area contributed by atoms with Crippen molar-refractivity contribution in [1.29, 1.82) is 0 Å². The molecule has 144 valence electrons. The van der Waals surface area contributed by atoms with Gasteiger partial charge in [-0.2, -0.15) is 11.8 Å². The number of anilines is 1. The van der Waals surface area contributed by atoms with Crippen molar-refractivity contribution in [2.75, 3.05) is 29.9 Å². The second kappa shape index (κ2) is 8.19. The van der Waals surface area contributed by atoms with Crippen molar-refractivity contribution in [2.45, 2.75) is 13.0 Å². The molecule has 2 aromatic carbocycles. The van der Waals surface area contributed by atoms with Crippen LogP contribution in [-0.2, 0) is 0 Å². The van der Waals surface area contributed by atoms with Crippen molar-refractivity contribution in [1.82, 2.24) is 9.88 Å². The van der Waals surface area contributed by atoms with Crippen LogP contribution in [0.1, 0.15) is 28.9 Å². The van der Waals surface area contributed by atoms with Gasteiger partial charge in [0.25, 0.3) is 5.91 Å². The van der Waals surface area contributed by atoms with Gasteiger partial charge >= 0.3 is 0 Å². The maximum absolute atomic E-state index is 14.0. The molecule has 2 heterocycles. The highest BCUT2D eigenvalue weighted by Crippen LogP contribution is 2.31. The van der Waals surface area contributed by atoms with Crippen LogP contribution in [0.3, 0.4) is 0 Å². The first-order valence-corrected chi connectivity index (χ1v) is 10.6. The van der Waals surface area contributed by atoms with Gasteiger partial charge in [0.05, 0.1) is 16.8 Å². The summed E-state index contributed by atoms with van der Waals surface area (Å²) >= 11 is 1.85. The summed E-state index contributed by atoms with van der Waals surface area (Å²) in [5, 5.41) is 4.08. The first-order chi connectivity index (χ1) is 13.6. The van der Waals surface area contributed by atoms with Gasteiger partial charge in [-0.1, -0.05) is 30.3 Å². The number of fused-ring (bicyclic) bond motifs is 1. The second-order valence-corrected chi connectivity index (χ2v) is 8.11. The van der Waals surface area contributed by atoms with E-state index in [2.05, 4.69) is 10.3 Å². The van der Waals surface area contributed by atoms with E-state index < -0.39 is 0 Å². The maximum Gasteiger partial charge on any atom is 0.257 e. The molecule has 1 aliphatic rings. The number of nitrogens with one attached hydrogen (secondary N) is 1. The maximum atomic E-state index is 14.0. The highest BCUT2D eigenvalue weighted by atomic mass is 32.2. The number of carbonyl (C=O) groups excluding carboxylic acids is 1. The van der Waals surface area contributed by atoms with Gasteiger partial charge in [-0.15, -0.1) is 0 Å². The van der Waals surface area contributed by atoms with Gasteiger partial charge in [-0.3, -0.25) is 9.78 Å². The van der Waals surface area contributed by atoms with E-state index >= 15 is 0 Å². The minimum absolute atomic E-state index is 0.0430. The van der Waals surface area contributed by atoms with E-state index in [-0.39, 0.29) is 17.8 Å². The third-order valence-corrected chi connectivity index (χ3v) is 5.96. The van der Waals surface area contributed by atoms with E-state index in [1.807, 2.05) is 53.9 Å². The van der Waals surface area contributed by atoms with E-state index in [0.29, 0.717) is 22.2 Å². The van der Waals surface area contributed by atoms with E-state index in [1.54, 1.807) is 12.3 Å². The average molecular weight is 396 g/mol. The highest BCUT2D eigenvalue weighted by molar-refractivity contribution is 7.99. The number of rotatable bonds is 4. The molecule has 4 rings (SSSR count). The Morgan fingerprint density at radius 1 is 1.18 bits per heavy atom. The minimum atomic E-state index is -0.344. The lowest BCUT2D eigenvalue weighted by atomic mass is 10.0. The third kappa shape index (κ3) is 3.83. The summed E-state index contributed by atoms with van der Waals surface area (Å²) in [7, 11) is 0. The SMILES string of the molecule is C[C@@H](Nc1c(C(=O)N2CCSCC2)cnc2ccc(F)cc12)c1ccccc1. The molecule has 4 nitrogen and oxygen atoms in total. The van der Waals surface area contributed by atoms with E-state index in [1.165, 1.54) is 12.1 Å². The number of hydrogen-bond acceptors (Lipinski definition) is 4. The zero-order valence-corrected chi connectivity index (χ0v) is 16.5. The number of thioether (sulfide) groups is 1. The van der Waals surface area contributed by atoms with Gasteiger partial charge in [0.15, 0.2) is 0 Å². The minimum Gasteiger partial charge on any atom is -0.377 e. The molecule has 1 amide bonds. The van der Waals surface area contributed by atoms with Gasteiger partial charge in [0.2, 0.25) is 0 Å². The van der Waals surface area contributed by atoms with E-state index in [9.17, 15) is 9.18 Å². The van der Waals surface area contributed by atoms with Crippen LogP contribution in [0.4, 0.5) is 10.1 Å². The largest absolute Gasteiger partial charge is 0.377 e. The van der Waals surface area contributed by atoms with Crippen LogP contribution in [0.5, 0.6) is 0 Å². The Kier molecular flexibility index (Phi) is 5.48. The third-order valence-electron chi connectivity index (χ3n) is 5.02. The fraction of sp³-hybridized carbons (Fsp3) is 0.273. The second-order valence-electron chi connectivity index (χ2n) is 6.89. The predicted molar refractivity (Wildman–Crippen MR) is 113 cm³/mol. The number of benzene rings is 2. The molecule has 0 bridgehead atoms. The Bertz CT molecular complexity index is 990. The summed E-state index contributed by atoms with van der Waals surface area (Å²) in [6, 6.07) is 14.4. The fourth-order valence-electron chi connectivity index (χ4n) is 3.46. The molecule has 1 saturated heterocycles. The first-order valence-electron chi connectivity index (χ1n) is 9.40. The standard InChI is InChI=1S/C22H22FN3OS/c1-15(16-5-3-2-4-6-16)25-21-18-13-17(23)7-8-20(18)24-14-19(21)22(27)26-9-11-28-12-10-26/h2-8,13-15H,9-12H2,1H3,(H,24,25)/t15-/m1/s1. The van der Waals surface area contributed by atoms with Crippen molar-refractivity contribution >= 4 is 34.3 Å². The Balaban J connectivity index is 1.78. The van der Waals surface area contributed by atoms with Crippen molar-refractivity contribution in [3.63, 3.8) is 0 Å². The lowest BCUT2D eigenvalue weighted by Gasteiger charge is -2.28. The topological polar surface area (TPSA) is 45.2 Å². The predicted octanol–water partition coefficient (Wildman–Crippen LogP) is 4.74. The van der Waals surface area contributed by atoms with E-state index in [0.717, 1.165) is 30.2 Å². The normalized spacial score (nSPS) is 15.4. The zero-order chi connectivity index (χ0) is 19.5. The molecular weight excluding hydrogens is 373 g/mol. The lowest BCUT2D eigenvalue weighted by molar-refractivity contribution is 0.0773. The number of aromatic nitrogens is 1. The van der Waals surface area contributed by atoms with Gasteiger partial charge in [0, 0.05) is 42.2 Å². The zero-order valence-electron chi connectivity index (χ0n) is 15.7. The molecule has 3 aromatic rings. The smallest absolute Gasteiger partial charge is 0.257 e. The number of nitrogens with zero attached hydrogens (tertiary/aromatic N) is 2. The summed E-state index contributed by atoms with van der Waals surface area (Å²) < 4.78 is 14.0. The van der Waals surface area contributed by atoms with Crippen LogP contribution in [0, 0.1) is 5.82 Å². The lowest BCUT2D eigenvalue weighted by Crippen LogP contribution is -2.38. The van der Waals surface area contributed by atoms with Crippen molar-refractivity contribution < 1.29 is 9.18 Å². The highest BCUT2D eigenvalue weighted by Gasteiger charge is 2.24. The molecule has 0 unspecified atom stereocenters. The van der Waals surface area contributed by atoms with Gasteiger partial charge in [-0.25, -0.2) is 4.39 Å². The summed E-state index contributed by atoms with van der Waals surface area (Å²) in [6.45, 7) is 3.48. The van der Waals surface area contributed by atoms with Gasteiger partial charge in [0.1, 0.15) is 5.82 Å². The summed E-state index contributed by atoms with van der Waals surface area (Å²) in [5.41, 5.74) is 2.89. The van der Waals surface area contributed by atoms with Crippen LogP contribution in [0.15, 0.2) is 54.7 Å². The van der Waals surface area contributed by atoms with E-state index in [4.69, 9.17) is 0 Å². The molecule has 1 N–H and O–H groups in total. The van der Waals surface area contributed by atoms with Crippen LogP contribution in [0.25, 0.3) is 10.9 Å². The summed E-state index contributed by atoms with van der Waals surface area (Å²) in [6.07, 6.45) is 1.62. The molecule has 1 aromatic heterocycles. The van der Waals surface area contributed by atoms with Crippen molar-refractivity contribution in [2.24, 2.45) is 0 Å². The Morgan fingerprint density at radius 2 is 1.93 bits per heavy atom. The number of pyridine rings is 1. The Morgan fingerprint density at radius 3 is 2.68 bits per heavy atom. The van der Waals surface area contributed by atoms with Crippen LogP contribution in [0.2, 0.25) is 0 Å². The molecule has 1 aliphatic heterocycles.